The van der Waals surface area contributed by atoms with E-state index in [0.717, 1.165) is 61.8 Å². The number of anilines is 1. The first kappa shape index (κ1) is 21.6. The number of ether oxygens (including phenoxy) is 1. The molecule has 1 aromatic carbocycles. The normalized spacial score (nSPS) is 33.6. The molecule has 5 atom stereocenters. The standard InChI is InChI=1S/C25H32BrFN2O2/c26-18-12-21-24(22(27)13-18)28-23(17-4-2-1-3-5-17)20-7-6-19(31-25(20)21)14-29-10-8-16(15-30)9-11-29/h1-4,12-13,16-17,19-20,23,25,28,30H,5-11,14-15H2/t17?,19-,20+,23+,25+/m1/s1. The van der Waals surface area contributed by atoms with Crippen LogP contribution in [0.25, 0.3) is 0 Å². The minimum Gasteiger partial charge on any atom is -0.396 e. The summed E-state index contributed by atoms with van der Waals surface area (Å²) in [5.74, 6) is 0.924. The Kier molecular flexibility index (Phi) is 6.52. The Morgan fingerprint density at radius 3 is 2.74 bits per heavy atom. The maximum absolute atomic E-state index is 15.0. The third-order valence-corrected chi connectivity index (χ3v) is 8.07. The maximum atomic E-state index is 15.0. The highest BCUT2D eigenvalue weighted by molar-refractivity contribution is 9.10. The van der Waals surface area contributed by atoms with Crippen LogP contribution < -0.4 is 5.32 Å². The molecule has 5 rings (SSSR count). The number of hydrogen-bond donors (Lipinski definition) is 2. The van der Waals surface area contributed by atoms with Gasteiger partial charge in [-0.15, -0.1) is 0 Å². The molecule has 2 saturated heterocycles. The summed E-state index contributed by atoms with van der Waals surface area (Å²) < 4.78 is 22.5. The quantitative estimate of drug-likeness (QED) is 0.619. The van der Waals surface area contributed by atoms with Gasteiger partial charge in [-0.05, 0) is 63.2 Å². The van der Waals surface area contributed by atoms with E-state index in [1.165, 1.54) is 0 Å². The number of aliphatic hydroxyl groups is 1. The first-order valence-corrected chi connectivity index (χ1v) is 12.5. The Hall–Kier alpha value is -1.21. The van der Waals surface area contributed by atoms with Gasteiger partial charge in [-0.3, -0.25) is 0 Å². The lowest BCUT2D eigenvalue weighted by Crippen LogP contribution is -2.49. The van der Waals surface area contributed by atoms with E-state index in [1.54, 1.807) is 6.07 Å². The zero-order valence-corrected chi connectivity index (χ0v) is 19.4. The van der Waals surface area contributed by atoms with Gasteiger partial charge in [0.15, 0.2) is 0 Å². The minimum absolute atomic E-state index is 0.0821. The second-order valence-corrected chi connectivity index (χ2v) is 10.5. The van der Waals surface area contributed by atoms with Crippen molar-refractivity contribution in [2.45, 2.75) is 50.4 Å². The summed E-state index contributed by atoms with van der Waals surface area (Å²) in [4.78, 5) is 2.48. The topological polar surface area (TPSA) is 44.7 Å². The fourth-order valence-corrected chi connectivity index (χ4v) is 6.33. The van der Waals surface area contributed by atoms with Crippen molar-refractivity contribution in [3.05, 3.63) is 52.3 Å². The fourth-order valence-electron chi connectivity index (χ4n) is 5.89. The summed E-state index contributed by atoms with van der Waals surface area (Å²) in [6.07, 6.45) is 14.0. The van der Waals surface area contributed by atoms with Crippen molar-refractivity contribution >= 4 is 21.6 Å². The van der Waals surface area contributed by atoms with Crippen molar-refractivity contribution in [2.24, 2.45) is 17.8 Å². The lowest BCUT2D eigenvalue weighted by Gasteiger charge is -2.48. The number of rotatable bonds is 4. The molecule has 6 heteroatoms. The molecular formula is C25H32BrFN2O2. The van der Waals surface area contributed by atoms with Crippen LogP contribution in [0.15, 0.2) is 40.9 Å². The minimum atomic E-state index is -0.208. The van der Waals surface area contributed by atoms with Gasteiger partial charge in [-0.25, -0.2) is 4.39 Å². The molecule has 2 N–H and O–H groups in total. The van der Waals surface area contributed by atoms with Gasteiger partial charge >= 0.3 is 0 Å². The lowest BCUT2D eigenvalue weighted by molar-refractivity contribution is -0.107. The smallest absolute Gasteiger partial charge is 0.147 e. The van der Waals surface area contributed by atoms with Gasteiger partial charge in [0, 0.05) is 41.1 Å². The molecule has 3 aliphatic heterocycles. The molecule has 1 unspecified atom stereocenters. The average Bonchev–Trinajstić information content (AvgIpc) is 2.80. The van der Waals surface area contributed by atoms with Gasteiger partial charge in [0.2, 0.25) is 0 Å². The second-order valence-electron chi connectivity index (χ2n) is 9.58. The summed E-state index contributed by atoms with van der Waals surface area (Å²) in [7, 11) is 0. The molecule has 1 aliphatic carbocycles. The number of benzene rings is 1. The molecule has 0 saturated carbocycles. The maximum Gasteiger partial charge on any atom is 0.147 e. The largest absolute Gasteiger partial charge is 0.396 e. The van der Waals surface area contributed by atoms with Gasteiger partial charge < -0.3 is 20.1 Å². The number of likely N-dealkylation sites (tertiary alicyclic amines) is 1. The number of allylic oxidation sites excluding steroid dienone is 3. The number of fused-ring (bicyclic) bond motifs is 3. The zero-order valence-electron chi connectivity index (χ0n) is 17.9. The van der Waals surface area contributed by atoms with E-state index in [-0.39, 0.29) is 24.1 Å². The summed E-state index contributed by atoms with van der Waals surface area (Å²) in [6.45, 7) is 3.28. The summed E-state index contributed by atoms with van der Waals surface area (Å²) in [5.41, 5.74) is 1.56. The van der Waals surface area contributed by atoms with Gasteiger partial charge in [0.05, 0.1) is 17.9 Å². The zero-order chi connectivity index (χ0) is 21.4. The van der Waals surface area contributed by atoms with Crippen molar-refractivity contribution in [1.29, 1.82) is 0 Å². The number of piperidine rings is 1. The van der Waals surface area contributed by atoms with Crippen LogP contribution in [0.3, 0.4) is 0 Å². The summed E-state index contributed by atoms with van der Waals surface area (Å²) in [5, 5.41) is 13.0. The molecule has 3 heterocycles. The molecular weight excluding hydrogens is 459 g/mol. The molecule has 0 amide bonds. The monoisotopic (exact) mass is 490 g/mol. The van der Waals surface area contributed by atoms with Crippen LogP contribution in [0.1, 0.15) is 43.8 Å². The molecule has 0 bridgehead atoms. The predicted octanol–water partition coefficient (Wildman–Crippen LogP) is 5.06. The highest BCUT2D eigenvalue weighted by Gasteiger charge is 2.45. The summed E-state index contributed by atoms with van der Waals surface area (Å²) >= 11 is 3.48. The van der Waals surface area contributed by atoms with Gasteiger partial charge in [0.1, 0.15) is 5.82 Å². The number of hydrogen-bond acceptors (Lipinski definition) is 4. The average molecular weight is 491 g/mol. The van der Waals surface area contributed by atoms with E-state index in [1.807, 2.05) is 6.07 Å². The molecule has 168 valence electrons. The van der Waals surface area contributed by atoms with E-state index >= 15 is 0 Å². The number of halogens is 2. The van der Waals surface area contributed by atoms with Gasteiger partial charge in [-0.2, -0.15) is 0 Å². The van der Waals surface area contributed by atoms with Crippen LogP contribution in [0.2, 0.25) is 0 Å². The van der Waals surface area contributed by atoms with Crippen molar-refractivity contribution in [2.75, 3.05) is 31.6 Å². The summed E-state index contributed by atoms with van der Waals surface area (Å²) in [6, 6.07) is 3.76. The Balaban J connectivity index is 1.36. The predicted molar refractivity (Wildman–Crippen MR) is 124 cm³/mol. The van der Waals surface area contributed by atoms with Crippen LogP contribution in [-0.4, -0.2) is 48.4 Å². The van der Waals surface area contributed by atoms with E-state index in [2.05, 4.69) is 50.5 Å². The third kappa shape index (κ3) is 4.50. The molecule has 4 aliphatic rings. The van der Waals surface area contributed by atoms with Gasteiger partial charge in [0.25, 0.3) is 0 Å². The fraction of sp³-hybridized carbons (Fsp3) is 0.600. The number of aliphatic hydroxyl groups excluding tert-OH is 1. The van der Waals surface area contributed by atoms with Crippen LogP contribution in [0.5, 0.6) is 0 Å². The number of nitrogens with zero attached hydrogens (tertiary/aromatic N) is 1. The van der Waals surface area contributed by atoms with Crippen LogP contribution in [0, 0.1) is 23.6 Å². The van der Waals surface area contributed by atoms with Crippen LogP contribution in [0.4, 0.5) is 10.1 Å². The van der Waals surface area contributed by atoms with E-state index < -0.39 is 0 Å². The second kappa shape index (κ2) is 9.34. The van der Waals surface area contributed by atoms with Crippen molar-refractivity contribution in [3.8, 4) is 0 Å². The molecule has 2 fully saturated rings. The van der Waals surface area contributed by atoms with E-state index in [9.17, 15) is 9.50 Å². The molecule has 0 spiro atoms. The molecule has 4 nitrogen and oxygen atoms in total. The molecule has 1 aromatic rings. The van der Waals surface area contributed by atoms with E-state index in [0.29, 0.717) is 30.0 Å². The lowest BCUT2D eigenvalue weighted by atomic mass is 9.73. The van der Waals surface area contributed by atoms with Crippen molar-refractivity contribution in [3.63, 3.8) is 0 Å². The first-order chi connectivity index (χ1) is 15.1. The highest BCUT2D eigenvalue weighted by Crippen LogP contribution is 2.49. The molecule has 0 aromatic heterocycles. The van der Waals surface area contributed by atoms with Crippen molar-refractivity contribution < 1.29 is 14.2 Å². The third-order valence-electron chi connectivity index (χ3n) is 7.62. The van der Waals surface area contributed by atoms with E-state index in [4.69, 9.17) is 4.74 Å². The highest BCUT2D eigenvalue weighted by atomic mass is 79.9. The Morgan fingerprint density at radius 1 is 1.16 bits per heavy atom. The van der Waals surface area contributed by atoms with Crippen LogP contribution >= 0.6 is 15.9 Å². The Morgan fingerprint density at radius 2 is 2.00 bits per heavy atom. The Bertz CT molecular complexity index is 852. The SMILES string of the molecule is OCC1CCN(C[C@H]2CC[C@@H]3[C@H](O2)c2cc(Br)cc(F)c2N[C@H]3C2C=CC=CC2)CC1. The van der Waals surface area contributed by atoms with Crippen molar-refractivity contribution in [1.82, 2.24) is 4.90 Å². The Labute approximate surface area is 192 Å². The first-order valence-electron chi connectivity index (χ1n) is 11.7. The molecule has 0 radical (unpaired) electrons. The molecule has 31 heavy (non-hydrogen) atoms. The number of nitrogens with one attached hydrogen (secondary N) is 1. The van der Waals surface area contributed by atoms with Gasteiger partial charge in [-0.1, -0.05) is 40.2 Å². The van der Waals surface area contributed by atoms with Crippen LogP contribution in [-0.2, 0) is 4.74 Å².